The summed E-state index contributed by atoms with van der Waals surface area (Å²) in [7, 11) is 0. The number of carbonyl (C=O) groups excluding carboxylic acids is 1. The zero-order chi connectivity index (χ0) is 16.1. The average molecular weight is 318 g/mol. The van der Waals surface area contributed by atoms with Crippen LogP contribution in [0.3, 0.4) is 0 Å². The smallest absolute Gasteiger partial charge is 0.251 e. The van der Waals surface area contributed by atoms with E-state index in [1.165, 1.54) is 0 Å². The van der Waals surface area contributed by atoms with Gasteiger partial charge in [0.15, 0.2) is 0 Å². The number of ether oxygens (including phenoxy) is 1. The average Bonchev–Trinajstić information content (AvgIpc) is 2.63. The van der Waals surface area contributed by atoms with Gasteiger partial charge in [-0.3, -0.25) is 9.69 Å². The molecule has 0 aromatic heterocycles. The van der Waals surface area contributed by atoms with Crippen LogP contribution in [0.25, 0.3) is 0 Å². The van der Waals surface area contributed by atoms with Crippen LogP contribution in [0.15, 0.2) is 30.3 Å². The predicted molar refractivity (Wildman–Crippen MR) is 88.1 cm³/mol. The fraction of sp³-hybridized carbons (Fsp3) is 0.611. The molecule has 2 fully saturated rings. The monoisotopic (exact) mass is 318 g/mol. The number of amides is 1. The highest BCUT2D eigenvalue weighted by Crippen LogP contribution is 2.17. The summed E-state index contributed by atoms with van der Waals surface area (Å²) in [6.45, 7) is 4.91. The number of piperazine rings is 1. The fourth-order valence-electron chi connectivity index (χ4n) is 3.49. The van der Waals surface area contributed by atoms with Gasteiger partial charge in [0.1, 0.15) is 6.10 Å². The van der Waals surface area contributed by atoms with Crippen LogP contribution in [0.1, 0.15) is 18.4 Å². The third-order valence-electron chi connectivity index (χ3n) is 4.89. The molecule has 0 unspecified atom stereocenters. The summed E-state index contributed by atoms with van der Waals surface area (Å²) >= 11 is 0. The van der Waals surface area contributed by atoms with Gasteiger partial charge >= 0.3 is 0 Å². The van der Waals surface area contributed by atoms with Gasteiger partial charge in [-0.1, -0.05) is 30.3 Å². The normalized spacial score (nSPS) is 22.0. The fourth-order valence-corrected chi connectivity index (χ4v) is 3.49. The highest BCUT2D eigenvalue weighted by Gasteiger charge is 2.29. The maximum atomic E-state index is 12.4. The van der Waals surface area contributed by atoms with Gasteiger partial charge in [0.25, 0.3) is 5.91 Å². The molecule has 1 amide bonds. The topological polar surface area (TPSA) is 53.0 Å². The highest BCUT2D eigenvalue weighted by atomic mass is 16.5. The molecule has 0 radical (unpaired) electrons. The van der Waals surface area contributed by atoms with E-state index in [1.807, 2.05) is 35.2 Å². The van der Waals surface area contributed by atoms with E-state index in [2.05, 4.69) is 4.90 Å². The zero-order valence-corrected chi connectivity index (χ0v) is 13.6. The van der Waals surface area contributed by atoms with Crippen LogP contribution in [0.2, 0.25) is 0 Å². The Balaban J connectivity index is 1.47. The highest BCUT2D eigenvalue weighted by molar-refractivity contribution is 5.81. The van der Waals surface area contributed by atoms with Crippen molar-refractivity contribution in [1.82, 2.24) is 9.80 Å². The number of hydrogen-bond donors (Lipinski definition) is 1. The number of rotatable bonds is 4. The molecule has 0 spiro atoms. The Morgan fingerprint density at radius 1 is 1.13 bits per heavy atom. The quantitative estimate of drug-likeness (QED) is 0.897. The molecule has 2 aliphatic rings. The molecular formula is C18H26N2O3. The molecule has 0 bridgehead atoms. The molecule has 0 aliphatic carbocycles. The van der Waals surface area contributed by atoms with E-state index in [1.54, 1.807) is 0 Å². The first kappa shape index (κ1) is 16.4. The first-order valence-corrected chi connectivity index (χ1v) is 8.56. The third-order valence-corrected chi connectivity index (χ3v) is 4.89. The van der Waals surface area contributed by atoms with Gasteiger partial charge in [-0.15, -0.1) is 0 Å². The van der Waals surface area contributed by atoms with Gasteiger partial charge < -0.3 is 14.7 Å². The molecule has 5 heteroatoms. The molecule has 126 valence electrons. The lowest BCUT2D eigenvalue weighted by molar-refractivity contribution is -0.142. The third kappa shape index (κ3) is 4.31. The second kappa shape index (κ2) is 7.90. The Morgan fingerprint density at radius 3 is 2.43 bits per heavy atom. The van der Waals surface area contributed by atoms with Crippen LogP contribution < -0.4 is 0 Å². The molecule has 2 saturated heterocycles. The largest absolute Gasteiger partial charge is 0.383 e. The Kier molecular flexibility index (Phi) is 5.65. The van der Waals surface area contributed by atoms with Gasteiger partial charge in [-0.2, -0.15) is 0 Å². The molecule has 2 heterocycles. The predicted octanol–water partition coefficient (Wildman–Crippen LogP) is 0.913. The van der Waals surface area contributed by atoms with E-state index in [-0.39, 0.29) is 5.91 Å². The molecule has 1 N–H and O–H groups in total. The summed E-state index contributed by atoms with van der Waals surface area (Å²) < 4.78 is 5.41. The van der Waals surface area contributed by atoms with E-state index < -0.39 is 6.10 Å². The maximum absolute atomic E-state index is 12.4. The molecule has 23 heavy (non-hydrogen) atoms. The molecule has 3 rings (SSSR count). The van der Waals surface area contributed by atoms with Gasteiger partial charge in [-0.25, -0.2) is 0 Å². The van der Waals surface area contributed by atoms with Gasteiger partial charge in [0, 0.05) is 51.9 Å². The first-order chi connectivity index (χ1) is 11.2. The van der Waals surface area contributed by atoms with Crippen molar-refractivity contribution in [2.75, 3.05) is 39.4 Å². The minimum Gasteiger partial charge on any atom is -0.383 e. The van der Waals surface area contributed by atoms with Crippen molar-refractivity contribution in [2.24, 2.45) is 0 Å². The van der Waals surface area contributed by atoms with E-state index in [4.69, 9.17) is 4.74 Å². The van der Waals surface area contributed by atoms with E-state index in [9.17, 15) is 9.90 Å². The van der Waals surface area contributed by atoms with Crippen LogP contribution in [-0.2, 0) is 16.0 Å². The Hall–Kier alpha value is -1.43. The molecule has 1 atom stereocenters. The summed E-state index contributed by atoms with van der Waals surface area (Å²) in [6.07, 6.45) is 1.63. The molecule has 2 aliphatic heterocycles. The van der Waals surface area contributed by atoms with Crippen LogP contribution in [0, 0.1) is 0 Å². The van der Waals surface area contributed by atoms with Crippen molar-refractivity contribution in [1.29, 1.82) is 0 Å². The lowest BCUT2D eigenvalue weighted by Gasteiger charge is -2.41. The Labute approximate surface area is 137 Å². The molecule has 1 aromatic rings. The summed E-state index contributed by atoms with van der Waals surface area (Å²) in [4.78, 5) is 16.7. The number of carbonyl (C=O) groups is 1. The number of benzene rings is 1. The maximum Gasteiger partial charge on any atom is 0.251 e. The van der Waals surface area contributed by atoms with E-state index in [0.717, 1.165) is 44.7 Å². The zero-order valence-electron chi connectivity index (χ0n) is 13.6. The standard InChI is InChI=1S/C18H26N2O3/c21-17(14-15-4-2-1-3-5-15)18(22)20-10-8-19(9-11-20)16-6-12-23-13-7-16/h1-5,16-17,21H,6-14H2/t17-/m0/s1. The van der Waals surface area contributed by atoms with Crippen molar-refractivity contribution in [3.8, 4) is 0 Å². The van der Waals surface area contributed by atoms with Crippen molar-refractivity contribution < 1.29 is 14.6 Å². The second-order valence-corrected chi connectivity index (χ2v) is 6.41. The summed E-state index contributed by atoms with van der Waals surface area (Å²) in [6, 6.07) is 10.3. The van der Waals surface area contributed by atoms with Crippen LogP contribution in [0.5, 0.6) is 0 Å². The summed E-state index contributed by atoms with van der Waals surface area (Å²) in [5, 5.41) is 10.2. The van der Waals surface area contributed by atoms with Crippen molar-refractivity contribution in [2.45, 2.75) is 31.4 Å². The van der Waals surface area contributed by atoms with Gasteiger partial charge in [0.2, 0.25) is 0 Å². The number of aliphatic hydroxyl groups excluding tert-OH is 1. The van der Waals surface area contributed by atoms with E-state index >= 15 is 0 Å². The van der Waals surface area contributed by atoms with Gasteiger partial charge in [-0.05, 0) is 18.4 Å². The lowest BCUT2D eigenvalue weighted by atomic mass is 10.0. The Bertz CT molecular complexity index is 494. The van der Waals surface area contributed by atoms with Crippen LogP contribution in [0.4, 0.5) is 0 Å². The van der Waals surface area contributed by atoms with Crippen molar-refractivity contribution in [3.05, 3.63) is 35.9 Å². The number of aliphatic hydroxyl groups is 1. The number of hydrogen-bond acceptors (Lipinski definition) is 4. The summed E-state index contributed by atoms with van der Waals surface area (Å²) in [5.74, 6) is -0.138. The lowest BCUT2D eigenvalue weighted by Crippen LogP contribution is -2.55. The van der Waals surface area contributed by atoms with Gasteiger partial charge in [0.05, 0.1) is 0 Å². The SMILES string of the molecule is O=C([C@@H](O)Cc1ccccc1)N1CCN(C2CCOCC2)CC1. The van der Waals surface area contributed by atoms with Crippen LogP contribution in [-0.4, -0.2) is 72.4 Å². The molecule has 0 saturated carbocycles. The first-order valence-electron chi connectivity index (χ1n) is 8.56. The van der Waals surface area contributed by atoms with Crippen LogP contribution >= 0.6 is 0 Å². The molecule has 1 aromatic carbocycles. The molecule has 5 nitrogen and oxygen atoms in total. The molecular weight excluding hydrogens is 292 g/mol. The number of nitrogens with zero attached hydrogens (tertiary/aromatic N) is 2. The van der Waals surface area contributed by atoms with E-state index in [0.29, 0.717) is 25.6 Å². The van der Waals surface area contributed by atoms with Crippen molar-refractivity contribution in [3.63, 3.8) is 0 Å². The van der Waals surface area contributed by atoms with Crippen molar-refractivity contribution >= 4 is 5.91 Å². The Morgan fingerprint density at radius 2 is 1.78 bits per heavy atom. The second-order valence-electron chi connectivity index (χ2n) is 6.41. The summed E-state index contributed by atoms with van der Waals surface area (Å²) in [5.41, 5.74) is 0.995. The minimum atomic E-state index is -0.938. The minimum absolute atomic E-state index is 0.138.